The van der Waals surface area contributed by atoms with Crippen LogP contribution in [0.1, 0.15) is 21.5 Å². The number of carbonyl (C=O) groups excluding carboxylic acids is 1. The van der Waals surface area contributed by atoms with Gasteiger partial charge in [0.25, 0.3) is 5.91 Å². The van der Waals surface area contributed by atoms with Crippen molar-refractivity contribution in [2.45, 2.75) is 13.1 Å². The number of rotatable bonds is 5. The fourth-order valence-corrected chi connectivity index (χ4v) is 3.90. The standard InChI is InChI=1S/C25H22N4O/c1-28-16-21(20-6-2-4-8-23(20)28)25(30)26-14-18-10-12-19(13-11-18)15-29-17-27-22-7-3-5-9-24(22)29/h2-13,16-17H,14-15H2,1H3,(H,26,30). The summed E-state index contributed by atoms with van der Waals surface area (Å²) in [7, 11) is 1.96. The Balaban J connectivity index is 1.26. The van der Waals surface area contributed by atoms with Crippen molar-refractivity contribution in [1.82, 2.24) is 19.4 Å². The number of aromatic nitrogens is 3. The van der Waals surface area contributed by atoms with Gasteiger partial charge in [-0.2, -0.15) is 0 Å². The molecule has 0 aliphatic rings. The monoisotopic (exact) mass is 394 g/mol. The molecule has 0 saturated carbocycles. The van der Waals surface area contributed by atoms with Crippen LogP contribution in [0.25, 0.3) is 21.9 Å². The zero-order chi connectivity index (χ0) is 20.5. The zero-order valence-corrected chi connectivity index (χ0v) is 16.7. The maximum atomic E-state index is 12.7. The van der Waals surface area contributed by atoms with E-state index in [4.69, 9.17) is 0 Å². The van der Waals surface area contributed by atoms with Crippen LogP contribution in [0, 0.1) is 0 Å². The summed E-state index contributed by atoms with van der Waals surface area (Å²) in [6.07, 6.45) is 3.77. The first-order valence-corrected chi connectivity index (χ1v) is 9.99. The van der Waals surface area contributed by atoms with E-state index in [1.807, 2.05) is 66.6 Å². The molecule has 5 rings (SSSR count). The number of aryl methyl sites for hydroxylation is 1. The second-order valence-electron chi connectivity index (χ2n) is 7.53. The van der Waals surface area contributed by atoms with E-state index in [1.165, 1.54) is 5.56 Å². The molecule has 0 fully saturated rings. The van der Waals surface area contributed by atoms with E-state index >= 15 is 0 Å². The minimum Gasteiger partial charge on any atom is -0.350 e. The number of carbonyl (C=O) groups is 1. The Morgan fingerprint density at radius 1 is 0.900 bits per heavy atom. The number of fused-ring (bicyclic) bond motifs is 2. The topological polar surface area (TPSA) is 51.9 Å². The number of benzene rings is 3. The molecule has 1 N–H and O–H groups in total. The van der Waals surface area contributed by atoms with Crippen molar-refractivity contribution >= 4 is 27.8 Å². The van der Waals surface area contributed by atoms with Gasteiger partial charge in [0.15, 0.2) is 0 Å². The quantitative estimate of drug-likeness (QED) is 0.477. The molecule has 2 aromatic heterocycles. The third-order valence-corrected chi connectivity index (χ3v) is 5.50. The molecule has 5 aromatic rings. The summed E-state index contributed by atoms with van der Waals surface area (Å²) in [5, 5.41) is 4.02. The third kappa shape index (κ3) is 3.35. The molecule has 5 heteroatoms. The van der Waals surface area contributed by atoms with Gasteiger partial charge < -0.3 is 14.5 Å². The summed E-state index contributed by atoms with van der Waals surface area (Å²) in [6, 6.07) is 24.4. The van der Waals surface area contributed by atoms with Crippen LogP contribution in [0.5, 0.6) is 0 Å². The van der Waals surface area contributed by atoms with Crippen LogP contribution in [0.2, 0.25) is 0 Å². The highest BCUT2D eigenvalue weighted by atomic mass is 16.1. The number of hydrogen-bond acceptors (Lipinski definition) is 2. The second-order valence-corrected chi connectivity index (χ2v) is 7.53. The van der Waals surface area contributed by atoms with E-state index in [-0.39, 0.29) is 5.91 Å². The van der Waals surface area contributed by atoms with Gasteiger partial charge in [0, 0.05) is 37.2 Å². The summed E-state index contributed by atoms with van der Waals surface area (Å²) >= 11 is 0. The van der Waals surface area contributed by atoms with Crippen LogP contribution >= 0.6 is 0 Å². The fraction of sp³-hybridized carbons (Fsp3) is 0.120. The average Bonchev–Trinajstić information content (AvgIpc) is 3.35. The van der Waals surface area contributed by atoms with Gasteiger partial charge in [0.1, 0.15) is 0 Å². The van der Waals surface area contributed by atoms with E-state index in [1.54, 1.807) is 0 Å². The molecule has 0 radical (unpaired) electrons. The van der Waals surface area contributed by atoms with Gasteiger partial charge in [-0.25, -0.2) is 4.98 Å². The second kappa shape index (κ2) is 7.52. The van der Waals surface area contributed by atoms with Crippen molar-refractivity contribution in [3.8, 4) is 0 Å². The predicted molar refractivity (Wildman–Crippen MR) is 119 cm³/mol. The molecule has 0 saturated heterocycles. The smallest absolute Gasteiger partial charge is 0.253 e. The largest absolute Gasteiger partial charge is 0.350 e. The first-order valence-electron chi connectivity index (χ1n) is 9.99. The van der Waals surface area contributed by atoms with E-state index in [9.17, 15) is 4.79 Å². The van der Waals surface area contributed by atoms with Crippen molar-refractivity contribution in [2.24, 2.45) is 7.05 Å². The highest BCUT2D eigenvalue weighted by molar-refractivity contribution is 6.06. The first-order chi connectivity index (χ1) is 14.7. The fourth-order valence-electron chi connectivity index (χ4n) is 3.90. The Labute approximate surface area is 174 Å². The SMILES string of the molecule is Cn1cc(C(=O)NCc2ccc(Cn3cnc4ccccc43)cc2)c2ccccc21. The van der Waals surface area contributed by atoms with Crippen molar-refractivity contribution in [1.29, 1.82) is 0 Å². The van der Waals surface area contributed by atoms with Gasteiger partial charge in [-0.1, -0.05) is 54.6 Å². The summed E-state index contributed by atoms with van der Waals surface area (Å²) in [5.74, 6) is -0.0549. The van der Waals surface area contributed by atoms with Gasteiger partial charge in [0.05, 0.1) is 22.9 Å². The molecule has 3 aromatic carbocycles. The summed E-state index contributed by atoms with van der Waals surface area (Å²) in [6.45, 7) is 1.26. The molecule has 1 amide bonds. The van der Waals surface area contributed by atoms with Crippen LogP contribution in [0.3, 0.4) is 0 Å². The maximum Gasteiger partial charge on any atom is 0.253 e. The van der Waals surface area contributed by atoms with Gasteiger partial charge >= 0.3 is 0 Å². The Morgan fingerprint density at radius 3 is 2.43 bits per heavy atom. The average molecular weight is 394 g/mol. The van der Waals surface area contributed by atoms with E-state index < -0.39 is 0 Å². The lowest BCUT2D eigenvalue weighted by molar-refractivity contribution is 0.0952. The minimum atomic E-state index is -0.0549. The van der Waals surface area contributed by atoms with Crippen molar-refractivity contribution in [2.75, 3.05) is 0 Å². The minimum absolute atomic E-state index is 0.0549. The Hall–Kier alpha value is -3.86. The molecule has 30 heavy (non-hydrogen) atoms. The van der Waals surface area contributed by atoms with Crippen LogP contribution in [0.4, 0.5) is 0 Å². The van der Waals surface area contributed by atoms with E-state index in [0.717, 1.165) is 34.0 Å². The van der Waals surface area contributed by atoms with Crippen molar-refractivity contribution in [3.05, 3.63) is 102 Å². The van der Waals surface area contributed by atoms with Crippen molar-refractivity contribution in [3.63, 3.8) is 0 Å². The third-order valence-electron chi connectivity index (χ3n) is 5.50. The number of amides is 1. The van der Waals surface area contributed by atoms with E-state index in [0.29, 0.717) is 12.1 Å². The lowest BCUT2D eigenvalue weighted by Gasteiger charge is -2.08. The lowest BCUT2D eigenvalue weighted by Crippen LogP contribution is -2.22. The van der Waals surface area contributed by atoms with Gasteiger partial charge in [-0.3, -0.25) is 4.79 Å². The van der Waals surface area contributed by atoms with Crippen LogP contribution in [0.15, 0.2) is 85.3 Å². The Kier molecular flexibility index (Phi) is 4.56. The number of hydrogen-bond donors (Lipinski definition) is 1. The molecule has 5 nitrogen and oxygen atoms in total. The van der Waals surface area contributed by atoms with Crippen LogP contribution < -0.4 is 5.32 Å². The molecular weight excluding hydrogens is 372 g/mol. The van der Waals surface area contributed by atoms with Gasteiger partial charge in [-0.15, -0.1) is 0 Å². The highest BCUT2D eigenvalue weighted by Gasteiger charge is 2.13. The molecule has 0 atom stereocenters. The maximum absolute atomic E-state index is 12.7. The van der Waals surface area contributed by atoms with Crippen molar-refractivity contribution < 1.29 is 4.79 Å². The van der Waals surface area contributed by atoms with Gasteiger partial charge in [0.2, 0.25) is 0 Å². The molecule has 0 bridgehead atoms. The molecule has 0 aliphatic heterocycles. The van der Waals surface area contributed by atoms with Crippen LogP contribution in [-0.2, 0) is 20.1 Å². The number of nitrogens with one attached hydrogen (secondary N) is 1. The number of para-hydroxylation sites is 3. The van der Waals surface area contributed by atoms with Crippen LogP contribution in [-0.4, -0.2) is 20.0 Å². The summed E-state index contributed by atoms with van der Waals surface area (Å²) in [5.41, 5.74) is 6.16. The Morgan fingerprint density at radius 2 is 1.60 bits per heavy atom. The highest BCUT2D eigenvalue weighted by Crippen LogP contribution is 2.20. The molecule has 0 aliphatic carbocycles. The normalized spacial score (nSPS) is 11.2. The summed E-state index contributed by atoms with van der Waals surface area (Å²) in [4.78, 5) is 17.2. The van der Waals surface area contributed by atoms with E-state index in [2.05, 4.69) is 45.2 Å². The summed E-state index contributed by atoms with van der Waals surface area (Å²) < 4.78 is 4.13. The van der Waals surface area contributed by atoms with Gasteiger partial charge in [-0.05, 0) is 29.3 Å². The number of imidazole rings is 1. The molecule has 0 unspecified atom stereocenters. The Bertz CT molecular complexity index is 1340. The molecule has 2 heterocycles. The predicted octanol–water partition coefficient (Wildman–Crippen LogP) is 4.51. The first kappa shape index (κ1) is 18.2. The zero-order valence-electron chi connectivity index (χ0n) is 16.7. The lowest BCUT2D eigenvalue weighted by atomic mass is 10.1. The number of nitrogens with zero attached hydrogens (tertiary/aromatic N) is 3. The molecule has 148 valence electrons. The molecular formula is C25H22N4O. The molecule has 0 spiro atoms.